The number of piperidine rings is 2. The molecule has 1 N–H and O–H groups in total. The van der Waals surface area contributed by atoms with Gasteiger partial charge in [-0.1, -0.05) is 6.42 Å². The Labute approximate surface area is 122 Å². The highest BCUT2D eigenvalue weighted by atomic mass is 79.9. The Morgan fingerprint density at radius 3 is 2.61 bits per heavy atom. The molecule has 0 aliphatic carbocycles. The Bertz CT molecular complexity index is 392. The van der Waals surface area contributed by atoms with Crippen LogP contribution in [0.5, 0.6) is 0 Å². The summed E-state index contributed by atoms with van der Waals surface area (Å²) in [4.78, 5) is 4.27. The molecule has 18 heavy (non-hydrogen) atoms. The summed E-state index contributed by atoms with van der Waals surface area (Å²) in [5, 5.41) is 3.49. The third-order valence-electron chi connectivity index (χ3n) is 4.50. The highest BCUT2D eigenvalue weighted by molar-refractivity contribution is 9.11. The molecular formula is C14H21BrN2S. The van der Waals surface area contributed by atoms with Gasteiger partial charge in [0.2, 0.25) is 0 Å². The molecule has 2 bridgehead atoms. The number of thiophene rings is 1. The van der Waals surface area contributed by atoms with Crippen molar-refractivity contribution in [3.05, 3.63) is 20.8 Å². The van der Waals surface area contributed by atoms with Gasteiger partial charge in [-0.15, -0.1) is 11.3 Å². The summed E-state index contributed by atoms with van der Waals surface area (Å²) in [5.41, 5.74) is 0. The van der Waals surface area contributed by atoms with Gasteiger partial charge in [0.15, 0.2) is 0 Å². The van der Waals surface area contributed by atoms with Crippen LogP contribution in [0, 0.1) is 0 Å². The lowest BCUT2D eigenvalue weighted by Gasteiger charge is -2.48. The monoisotopic (exact) mass is 328 g/mol. The lowest BCUT2D eigenvalue weighted by molar-refractivity contribution is 0.0199. The Balaban J connectivity index is 1.71. The predicted octanol–water partition coefficient (Wildman–Crippen LogP) is 3.62. The Morgan fingerprint density at radius 1 is 1.33 bits per heavy atom. The van der Waals surface area contributed by atoms with Crippen molar-refractivity contribution in [2.45, 2.75) is 56.8 Å². The van der Waals surface area contributed by atoms with Crippen LogP contribution in [0.3, 0.4) is 0 Å². The van der Waals surface area contributed by atoms with E-state index < -0.39 is 0 Å². The van der Waals surface area contributed by atoms with Crippen molar-refractivity contribution in [3.8, 4) is 0 Å². The van der Waals surface area contributed by atoms with Crippen molar-refractivity contribution in [3.63, 3.8) is 0 Å². The minimum absolute atomic E-state index is 0.742. The van der Waals surface area contributed by atoms with E-state index in [4.69, 9.17) is 0 Å². The highest BCUT2D eigenvalue weighted by Crippen LogP contribution is 2.36. The summed E-state index contributed by atoms with van der Waals surface area (Å²) >= 11 is 5.45. The normalized spacial score (nSPS) is 32.7. The molecule has 2 fully saturated rings. The van der Waals surface area contributed by atoms with Crippen LogP contribution >= 0.6 is 27.3 Å². The van der Waals surface area contributed by atoms with Crippen molar-refractivity contribution < 1.29 is 0 Å². The first-order valence-corrected chi connectivity index (χ1v) is 8.54. The summed E-state index contributed by atoms with van der Waals surface area (Å²) in [6, 6.07) is 6.79. The molecular weight excluding hydrogens is 308 g/mol. The van der Waals surface area contributed by atoms with Crippen molar-refractivity contribution >= 4 is 27.3 Å². The fourth-order valence-corrected chi connectivity index (χ4v) is 5.08. The standard InChI is InChI=1S/C14H21BrN2S/c1-16-10-7-11-3-2-4-12(8-10)17(11)9-13-5-6-14(15)18-13/h5-6,10-12,16H,2-4,7-9H2,1H3. The maximum atomic E-state index is 3.57. The summed E-state index contributed by atoms with van der Waals surface area (Å²) in [7, 11) is 2.12. The SMILES string of the molecule is CNC1CC2CCCC(C1)N2Cc1ccc(Br)s1. The summed E-state index contributed by atoms with van der Waals surface area (Å²) in [6.45, 7) is 1.15. The van der Waals surface area contributed by atoms with Gasteiger partial charge in [-0.25, -0.2) is 0 Å². The zero-order valence-corrected chi connectivity index (χ0v) is 13.3. The average molecular weight is 329 g/mol. The van der Waals surface area contributed by atoms with Crippen LogP contribution in [0.25, 0.3) is 0 Å². The number of halogens is 1. The summed E-state index contributed by atoms with van der Waals surface area (Å²) < 4.78 is 1.26. The molecule has 1 aromatic heterocycles. The molecule has 0 spiro atoms. The summed E-state index contributed by atoms with van der Waals surface area (Å²) in [5.74, 6) is 0. The Kier molecular flexibility index (Phi) is 4.09. The van der Waals surface area contributed by atoms with Crippen LogP contribution in [0.4, 0.5) is 0 Å². The molecule has 4 heteroatoms. The predicted molar refractivity (Wildman–Crippen MR) is 81.1 cm³/mol. The van der Waals surface area contributed by atoms with Gasteiger partial charge in [0, 0.05) is 29.5 Å². The van der Waals surface area contributed by atoms with E-state index in [-0.39, 0.29) is 0 Å². The summed E-state index contributed by atoms with van der Waals surface area (Å²) in [6.07, 6.45) is 6.87. The lowest BCUT2D eigenvalue weighted by Crippen LogP contribution is -2.55. The molecule has 3 heterocycles. The second-order valence-electron chi connectivity index (χ2n) is 5.57. The molecule has 2 nitrogen and oxygen atoms in total. The van der Waals surface area contributed by atoms with E-state index in [0.29, 0.717) is 0 Å². The smallest absolute Gasteiger partial charge is 0.0701 e. The molecule has 0 saturated carbocycles. The second-order valence-corrected chi connectivity index (χ2v) is 8.12. The van der Waals surface area contributed by atoms with Gasteiger partial charge in [0.1, 0.15) is 0 Å². The van der Waals surface area contributed by atoms with Crippen molar-refractivity contribution in [1.29, 1.82) is 0 Å². The first-order chi connectivity index (χ1) is 8.76. The van der Waals surface area contributed by atoms with Gasteiger partial charge < -0.3 is 5.32 Å². The van der Waals surface area contributed by atoms with E-state index in [1.165, 1.54) is 40.8 Å². The quantitative estimate of drug-likeness (QED) is 0.911. The van der Waals surface area contributed by atoms with E-state index in [1.54, 1.807) is 0 Å². The number of hydrogen-bond donors (Lipinski definition) is 1. The average Bonchev–Trinajstić information content (AvgIpc) is 2.74. The topological polar surface area (TPSA) is 15.3 Å². The molecule has 3 rings (SSSR count). The fourth-order valence-electron chi connectivity index (χ4n) is 3.59. The van der Waals surface area contributed by atoms with Gasteiger partial charge >= 0.3 is 0 Å². The maximum Gasteiger partial charge on any atom is 0.0701 e. The van der Waals surface area contributed by atoms with Crippen LogP contribution < -0.4 is 5.32 Å². The highest BCUT2D eigenvalue weighted by Gasteiger charge is 2.37. The zero-order valence-electron chi connectivity index (χ0n) is 10.9. The van der Waals surface area contributed by atoms with E-state index in [0.717, 1.165) is 24.7 Å². The van der Waals surface area contributed by atoms with E-state index in [1.807, 2.05) is 11.3 Å². The van der Waals surface area contributed by atoms with Gasteiger partial charge in [0.25, 0.3) is 0 Å². The number of hydrogen-bond acceptors (Lipinski definition) is 3. The second kappa shape index (κ2) is 5.61. The van der Waals surface area contributed by atoms with E-state index in [9.17, 15) is 0 Å². The van der Waals surface area contributed by atoms with Crippen LogP contribution in [0.1, 0.15) is 37.0 Å². The third kappa shape index (κ3) is 2.67. The molecule has 0 amide bonds. The van der Waals surface area contributed by atoms with Crippen LogP contribution in [-0.4, -0.2) is 30.1 Å². The fraction of sp³-hybridized carbons (Fsp3) is 0.714. The maximum absolute atomic E-state index is 3.57. The first kappa shape index (κ1) is 13.1. The van der Waals surface area contributed by atoms with Crippen molar-refractivity contribution in [1.82, 2.24) is 10.2 Å². The molecule has 2 saturated heterocycles. The van der Waals surface area contributed by atoms with Crippen molar-refractivity contribution in [2.75, 3.05) is 7.05 Å². The lowest BCUT2D eigenvalue weighted by atomic mass is 9.82. The van der Waals surface area contributed by atoms with Crippen molar-refractivity contribution in [2.24, 2.45) is 0 Å². The third-order valence-corrected chi connectivity index (χ3v) is 6.11. The zero-order chi connectivity index (χ0) is 12.5. The molecule has 0 radical (unpaired) electrons. The number of rotatable bonds is 3. The van der Waals surface area contributed by atoms with E-state index in [2.05, 4.69) is 45.3 Å². The largest absolute Gasteiger partial charge is 0.317 e. The van der Waals surface area contributed by atoms with Gasteiger partial charge in [-0.3, -0.25) is 4.90 Å². The van der Waals surface area contributed by atoms with Gasteiger partial charge in [-0.05, 0) is 60.8 Å². The first-order valence-electron chi connectivity index (χ1n) is 6.93. The minimum atomic E-state index is 0.742. The van der Waals surface area contributed by atoms with Crippen LogP contribution in [0.2, 0.25) is 0 Å². The molecule has 2 atom stereocenters. The minimum Gasteiger partial charge on any atom is -0.317 e. The number of fused-ring (bicyclic) bond motifs is 2. The van der Waals surface area contributed by atoms with E-state index >= 15 is 0 Å². The Morgan fingerprint density at radius 2 is 2.06 bits per heavy atom. The Hall–Kier alpha value is 0.1000. The molecule has 2 unspecified atom stereocenters. The molecule has 100 valence electrons. The molecule has 1 aromatic rings. The molecule has 2 aliphatic rings. The van der Waals surface area contributed by atoms with Gasteiger partial charge in [0.05, 0.1) is 3.79 Å². The number of nitrogens with zero attached hydrogens (tertiary/aromatic N) is 1. The van der Waals surface area contributed by atoms with Crippen LogP contribution in [-0.2, 0) is 6.54 Å². The number of nitrogens with one attached hydrogen (secondary N) is 1. The molecule has 2 aliphatic heterocycles. The molecule has 0 aromatic carbocycles. The van der Waals surface area contributed by atoms with Crippen LogP contribution in [0.15, 0.2) is 15.9 Å². The van der Waals surface area contributed by atoms with Gasteiger partial charge in [-0.2, -0.15) is 0 Å².